The SMILES string of the molecule is COC(=O)C(C1=C(Cl)C(=O)C(C#N)=C(C#N)C1=O)[P+](c1ccccc1)(c1ccccc1)c1ccccc1. The molecule has 0 N–H and O–H groups in total. The molecule has 0 heterocycles. The summed E-state index contributed by atoms with van der Waals surface area (Å²) < 4.78 is 5.26. The summed E-state index contributed by atoms with van der Waals surface area (Å²) in [7, 11) is -1.98. The highest BCUT2D eigenvalue weighted by Crippen LogP contribution is 2.63. The van der Waals surface area contributed by atoms with Crippen LogP contribution in [0.1, 0.15) is 0 Å². The van der Waals surface area contributed by atoms with E-state index in [-0.39, 0.29) is 5.57 Å². The third-order valence-electron chi connectivity index (χ3n) is 6.18. The van der Waals surface area contributed by atoms with Gasteiger partial charge in [-0.2, -0.15) is 10.5 Å². The highest BCUT2D eigenvalue weighted by Gasteiger charge is 2.61. The Morgan fingerprint density at radius 1 is 0.757 bits per heavy atom. The molecule has 37 heavy (non-hydrogen) atoms. The van der Waals surface area contributed by atoms with Gasteiger partial charge in [-0.3, -0.25) is 9.59 Å². The van der Waals surface area contributed by atoms with Crippen LogP contribution in [0.4, 0.5) is 0 Å². The van der Waals surface area contributed by atoms with Crippen molar-refractivity contribution in [3.05, 3.63) is 113 Å². The zero-order valence-electron chi connectivity index (χ0n) is 19.6. The number of esters is 1. The molecule has 3 aromatic carbocycles. The van der Waals surface area contributed by atoms with Crippen molar-refractivity contribution in [3.63, 3.8) is 0 Å². The number of carbonyl (C=O) groups is 3. The van der Waals surface area contributed by atoms with Crippen molar-refractivity contribution in [3.8, 4) is 12.1 Å². The van der Waals surface area contributed by atoms with Gasteiger partial charge in [-0.15, -0.1) is 0 Å². The van der Waals surface area contributed by atoms with Crippen molar-refractivity contribution < 1.29 is 19.1 Å². The van der Waals surface area contributed by atoms with Crippen LogP contribution >= 0.6 is 18.9 Å². The Kier molecular flexibility index (Phi) is 7.46. The number of halogens is 1. The molecule has 4 rings (SSSR count). The number of allylic oxidation sites excluding steroid dienone is 3. The van der Waals surface area contributed by atoms with Crippen LogP contribution in [-0.2, 0) is 19.1 Å². The molecule has 0 radical (unpaired) electrons. The zero-order valence-corrected chi connectivity index (χ0v) is 21.2. The fourth-order valence-corrected chi connectivity index (χ4v) is 9.75. The molecule has 0 amide bonds. The van der Waals surface area contributed by atoms with E-state index >= 15 is 0 Å². The lowest BCUT2D eigenvalue weighted by Crippen LogP contribution is -2.46. The predicted octanol–water partition coefficient (Wildman–Crippen LogP) is 3.51. The van der Waals surface area contributed by atoms with Crippen molar-refractivity contribution in [2.75, 3.05) is 7.11 Å². The van der Waals surface area contributed by atoms with Gasteiger partial charge >= 0.3 is 5.97 Å². The molecule has 0 bridgehead atoms. The van der Waals surface area contributed by atoms with Crippen LogP contribution in [0.5, 0.6) is 0 Å². The first kappa shape index (κ1) is 25.7. The number of hydrogen-bond donors (Lipinski definition) is 0. The second kappa shape index (κ2) is 10.7. The number of rotatable bonds is 6. The van der Waals surface area contributed by atoms with Gasteiger partial charge in [0, 0.05) is 0 Å². The summed E-state index contributed by atoms with van der Waals surface area (Å²) >= 11 is 6.51. The van der Waals surface area contributed by atoms with Crippen molar-refractivity contribution in [1.82, 2.24) is 0 Å². The molecule has 1 aliphatic carbocycles. The summed E-state index contributed by atoms with van der Waals surface area (Å²) in [6.07, 6.45) is 0. The number of nitrogens with zero attached hydrogens (tertiary/aromatic N) is 2. The molecule has 0 saturated heterocycles. The molecule has 0 spiro atoms. The van der Waals surface area contributed by atoms with Crippen molar-refractivity contribution in [1.29, 1.82) is 10.5 Å². The monoisotopic (exact) mass is 525 g/mol. The number of Topliss-reactive ketones (excluding diaryl/α,β-unsaturated/α-hetero) is 2. The normalized spacial score (nSPS) is 14.6. The van der Waals surface area contributed by atoms with Crippen molar-refractivity contribution in [2.45, 2.75) is 5.66 Å². The first-order chi connectivity index (χ1) is 17.9. The predicted molar refractivity (Wildman–Crippen MR) is 142 cm³/mol. The maximum Gasteiger partial charge on any atom is 0.352 e. The smallest absolute Gasteiger partial charge is 0.352 e. The number of hydrogen-bond acceptors (Lipinski definition) is 6. The number of ketones is 2. The molecular formula is C29H19ClN2O4P+. The molecule has 0 aliphatic heterocycles. The van der Waals surface area contributed by atoms with Gasteiger partial charge in [0.05, 0.1) is 12.7 Å². The van der Waals surface area contributed by atoms with E-state index in [1.165, 1.54) is 7.11 Å². The molecule has 1 aliphatic rings. The molecule has 3 aromatic rings. The highest BCUT2D eigenvalue weighted by molar-refractivity contribution is 7.97. The van der Waals surface area contributed by atoms with Crippen LogP contribution in [-0.4, -0.2) is 30.3 Å². The molecular weight excluding hydrogens is 507 g/mol. The van der Waals surface area contributed by atoms with Gasteiger partial charge in [-0.05, 0) is 36.4 Å². The molecule has 1 atom stereocenters. The Balaban J connectivity index is 2.21. The Bertz CT molecular complexity index is 1440. The van der Waals surface area contributed by atoms with E-state index in [0.29, 0.717) is 0 Å². The number of benzene rings is 3. The summed E-state index contributed by atoms with van der Waals surface area (Å²) in [6.45, 7) is 0. The lowest BCUT2D eigenvalue weighted by atomic mass is 9.88. The van der Waals surface area contributed by atoms with E-state index in [2.05, 4.69) is 0 Å². The standard InChI is InChI=1S/C29H19ClN2O4P/c1-36-29(35)28(24-25(30)27(34)23(18-32)22(17-31)26(24)33)37(19-11-5-2-6-12-19,20-13-7-3-8-14-20)21-15-9-4-10-16-21/h2-16,28H,1H3/q+1. The van der Waals surface area contributed by atoms with Crippen LogP contribution in [0.25, 0.3) is 0 Å². The van der Waals surface area contributed by atoms with Crippen LogP contribution in [0.15, 0.2) is 113 Å². The third kappa shape index (κ3) is 4.17. The molecule has 1 unspecified atom stereocenters. The minimum Gasteiger partial charge on any atom is -0.466 e. The molecule has 180 valence electrons. The van der Waals surface area contributed by atoms with Crippen LogP contribution in [0.2, 0.25) is 0 Å². The summed E-state index contributed by atoms with van der Waals surface area (Å²) in [5.41, 5.74) is -3.02. The Morgan fingerprint density at radius 3 is 1.49 bits per heavy atom. The second-order valence-electron chi connectivity index (χ2n) is 8.01. The van der Waals surface area contributed by atoms with E-state index in [1.54, 1.807) is 12.1 Å². The fraction of sp³-hybridized carbons (Fsp3) is 0.0690. The summed E-state index contributed by atoms with van der Waals surface area (Å²) in [6, 6.07) is 30.9. The van der Waals surface area contributed by atoms with E-state index in [9.17, 15) is 24.9 Å². The number of carbonyl (C=O) groups excluding carboxylic acids is 3. The zero-order chi connectivity index (χ0) is 26.6. The van der Waals surface area contributed by atoms with Gasteiger partial charge in [-0.1, -0.05) is 66.2 Å². The molecule has 8 heteroatoms. The lowest BCUT2D eigenvalue weighted by molar-refractivity contribution is -0.139. The first-order valence-corrected chi connectivity index (χ1v) is 13.3. The van der Waals surface area contributed by atoms with Crippen LogP contribution in [0.3, 0.4) is 0 Å². The van der Waals surface area contributed by atoms with E-state index in [0.717, 1.165) is 15.9 Å². The average molecular weight is 526 g/mol. The fourth-order valence-electron chi connectivity index (χ4n) is 4.62. The van der Waals surface area contributed by atoms with Gasteiger partial charge in [0.2, 0.25) is 17.2 Å². The number of methoxy groups -OCH3 is 1. The largest absolute Gasteiger partial charge is 0.466 e. The number of nitriles is 2. The van der Waals surface area contributed by atoms with Crippen molar-refractivity contribution in [2.24, 2.45) is 0 Å². The maximum absolute atomic E-state index is 13.8. The van der Waals surface area contributed by atoms with Gasteiger partial charge in [0.25, 0.3) is 0 Å². The van der Waals surface area contributed by atoms with E-state index < -0.39 is 46.6 Å². The minimum absolute atomic E-state index is 0.348. The topological polar surface area (TPSA) is 108 Å². The summed E-state index contributed by atoms with van der Waals surface area (Å²) in [5.74, 6) is -2.71. The summed E-state index contributed by atoms with van der Waals surface area (Å²) in [5, 5.41) is 20.8. The lowest BCUT2D eigenvalue weighted by Gasteiger charge is -2.34. The second-order valence-corrected chi connectivity index (χ2v) is 11.9. The molecule has 0 fully saturated rings. The van der Waals surface area contributed by atoms with Crippen LogP contribution < -0.4 is 15.9 Å². The Labute approximate surface area is 219 Å². The Hall–Kier alpha value is -4.35. The molecule has 6 nitrogen and oxygen atoms in total. The van der Waals surface area contributed by atoms with Gasteiger partial charge in [-0.25, -0.2) is 4.79 Å². The third-order valence-corrected chi connectivity index (χ3v) is 11.1. The van der Waals surface area contributed by atoms with E-state index in [4.69, 9.17) is 16.3 Å². The maximum atomic E-state index is 13.8. The number of ether oxygens (including phenoxy) is 1. The minimum atomic E-state index is -3.18. The highest BCUT2D eigenvalue weighted by atomic mass is 35.5. The van der Waals surface area contributed by atoms with Gasteiger partial charge < -0.3 is 4.74 Å². The van der Waals surface area contributed by atoms with E-state index in [1.807, 2.05) is 91.0 Å². The molecule has 0 aromatic heterocycles. The van der Waals surface area contributed by atoms with Crippen molar-refractivity contribution >= 4 is 52.3 Å². The quantitative estimate of drug-likeness (QED) is 0.277. The van der Waals surface area contributed by atoms with Crippen LogP contribution in [0, 0.1) is 22.7 Å². The van der Waals surface area contributed by atoms with Gasteiger partial charge in [0.1, 0.15) is 51.5 Å². The first-order valence-electron chi connectivity index (χ1n) is 11.1. The summed E-state index contributed by atoms with van der Waals surface area (Å²) in [4.78, 5) is 40.7. The average Bonchev–Trinajstić information content (AvgIpc) is 2.95. The van der Waals surface area contributed by atoms with Gasteiger partial charge in [0.15, 0.2) is 0 Å². The Morgan fingerprint density at radius 2 is 1.14 bits per heavy atom. The molecule has 0 saturated carbocycles.